The quantitative estimate of drug-likeness (QED) is 0.540. The molecule has 0 saturated carbocycles. The van der Waals surface area contributed by atoms with Gasteiger partial charge in [-0.05, 0) is 6.92 Å². The van der Waals surface area contributed by atoms with Gasteiger partial charge >= 0.3 is 47.5 Å². The van der Waals surface area contributed by atoms with Crippen molar-refractivity contribution in [3.63, 3.8) is 0 Å². The molecule has 0 aromatic rings. The van der Waals surface area contributed by atoms with Crippen LogP contribution in [-0.2, 0) is 14.4 Å². The van der Waals surface area contributed by atoms with E-state index in [9.17, 15) is 14.4 Å². The van der Waals surface area contributed by atoms with Gasteiger partial charge in [0.2, 0.25) is 0 Å². The monoisotopic (exact) mass is 246 g/mol. The van der Waals surface area contributed by atoms with Gasteiger partial charge in [-0.15, -0.1) is 11.8 Å². The number of thioether (sulfide) groups is 1. The van der Waals surface area contributed by atoms with Gasteiger partial charge in [0.1, 0.15) is 10.5 Å². The molecule has 0 spiro atoms. The summed E-state index contributed by atoms with van der Waals surface area (Å²) in [5.41, 5.74) is 0. The van der Waals surface area contributed by atoms with Crippen molar-refractivity contribution in [2.75, 3.05) is 0 Å². The second kappa shape index (κ2) is 7.98. The molecule has 6 nitrogen and oxygen atoms in total. The van der Waals surface area contributed by atoms with Gasteiger partial charge in [0.25, 0.3) is 0 Å². The van der Waals surface area contributed by atoms with Crippen molar-refractivity contribution in [2.45, 2.75) is 23.8 Å². The number of rotatable bonds is 6. The van der Waals surface area contributed by atoms with Crippen LogP contribution in [0.25, 0.3) is 0 Å². The molecule has 0 fully saturated rings. The molecular weight excluding hydrogens is 235 g/mol. The van der Waals surface area contributed by atoms with Crippen LogP contribution in [0, 0.1) is 0 Å². The normalized spacial score (nSPS) is 13.4. The summed E-state index contributed by atoms with van der Waals surface area (Å²) >= 11 is 0.609. The Morgan fingerprint density at radius 3 is 1.87 bits per heavy atom. The molecular formula is C7H11NaO6S. The molecule has 0 amide bonds. The molecule has 0 bridgehead atoms. The number of hydrogen-bond acceptors (Lipinski definition) is 4. The van der Waals surface area contributed by atoms with Crippen molar-refractivity contribution in [1.29, 1.82) is 0 Å². The van der Waals surface area contributed by atoms with Gasteiger partial charge in [-0.1, -0.05) is 0 Å². The van der Waals surface area contributed by atoms with Crippen LogP contribution in [-0.4, -0.2) is 73.3 Å². The Labute approximate surface area is 112 Å². The van der Waals surface area contributed by atoms with E-state index in [2.05, 4.69) is 0 Å². The molecule has 0 aliphatic heterocycles. The minimum absolute atomic E-state index is 0. The van der Waals surface area contributed by atoms with Gasteiger partial charge in [-0.3, -0.25) is 14.4 Å². The minimum atomic E-state index is -1.31. The fourth-order valence-corrected chi connectivity index (χ4v) is 1.62. The van der Waals surface area contributed by atoms with E-state index >= 15 is 0 Å². The van der Waals surface area contributed by atoms with E-state index in [4.69, 9.17) is 15.3 Å². The fraction of sp³-hybridized carbons (Fsp3) is 0.571. The number of carboxylic acids is 3. The summed E-state index contributed by atoms with van der Waals surface area (Å²) in [5.74, 6) is -3.74. The van der Waals surface area contributed by atoms with Crippen LogP contribution < -0.4 is 0 Å². The third-order valence-electron chi connectivity index (χ3n) is 1.35. The van der Waals surface area contributed by atoms with Crippen LogP contribution in [0.15, 0.2) is 0 Å². The molecule has 8 heteroatoms. The van der Waals surface area contributed by atoms with Crippen molar-refractivity contribution < 1.29 is 29.7 Å². The summed E-state index contributed by atoms with van der Waals surface area (Å²) in [4.78, 5) is 31.1. The third-order valence-corrected chi connectivity index (χ3v) is 2.66. The van der Waals surface area contributed by atoms with Gasteiger partial charge in [-0.2, -0.15) is 0 Å². The average molecular weight is 246 g/mol. The fourth-order valence-electron chi connectivity index (χ4n) is 0.657. The molecule has 0 heterocycles. The van der Waals surface area contributed by atoms with Gasteiger partial charge in [-0.25, -0.2) is 0 Å². The van der Waals surface area contributed by atoms with E-state index in [0.717, 1.165) is 0 Å². The zero-order valence-corrected chi connectivity index (χ0v) is 8.15. The summed E-state index contributed by atoms with van der Waals surface area (Å²) < 4.78 is 0. The summed E-state index contributed by atoms with van der Waals surface area (Å²) in [5, 5.41) is 23.3. The molecule has 0 radical (unpaired) electrons. The van der Waals surface area contributed by atoms with Gasteiger partial charge < -0.3 is 15.3 Å². The molecule has 82 valence electrons. The van der Waals surface area contributed by atoms with E-state index in [1.54, 1.807) is 0 Å². The van der Waals surface area contributed by atoms with E-state index in [0.29, 0.717) is 11.8 Å². The first-order valence-corrected chi connectivity index (χ1v) is 4.61. The summed E-state index contributed by atoms with van der Waals surface area (Å²) in [7, 11) is 0. The SMILES string of the molecule is CC(SC(CC(=O)O)C(=O)O)C(=O)O.[NaH]. The maximum atomic E-state index is 10.5. The first-order valence-electron chi connectivity index (χ1n) is 3.67. The van der Waals surface area contributed by atoms with E-state index < -0.39 is 34.8 Å². The molecule has 3 N–H and O–H groups in total. The number of carboxylic acid groups (broad SMARTS) is 3. The predicted molar refractivity (Wildman–Crippen MR) is 55.5 cm³/mol. The third kappa shape index (κ3) is 7.66. The average Bonchev–Trinajstić information content (AvgIpc) is 2.01. The Balaban J connectivity index is 0. The van der Waals surface area contributed by atoms with Crippen molar-refractivity contribution in [2.24, 2.45) is 0 Å². The first kappa shape index (κ1) is 17.2. The van der Waals surface area contributed by atoms with Crippen LogP contribution in [0.4, 0.5) is 0 Å². The molecule has 15 heavy (non-hydrogen) atoms. The van der Waals surface area contributed by atoms with Crippen LogP contribution in [0.3, 0.4) is 0 Å². The van der Waals surface area contributed by atoms with Crippen molar-refractivity contribution in [1.82, 2.24) is 0 Å². The Morgan fingerprint density at radius 2 is 1.60 bits per heavy atom. The predicted octanol–water partition coefficient (Wildman–Crippen LogP) is -0.528. The summed E-state index contributed by atoms with van der Waals surface area (Å²) in [6.07, 6.45) is -0.586. The standard InChI is InChI=1S/C7H10O6S.Na.H/c1-3(6(10)11)14-4(7(12)13)2-5(8)9;;/h3-4H,2H2,1H3,(H,8,9)(H,10,11)(H,12,13);;. The van der Waals surface area contributed by atoms with Gasteiger partial charge in [0, 0.05) is 0 Å². The van der Waals surface area contributed by atoms with Crippen LogP contribution >= 0.6 is 11.8 Å². The Morgan fingerprint density at radius 1 is 1.13 bits per heavy atom. The zero-order chi connectivity index (χ0) is 11.3. The van der Waals surface area contributed by atoms with Crippen LogP contribution in [0.2, 0.25) is 0 Å². The van der Waals surface area contributed by atoms with Gasteiger partial charge in [0.15, 0.2) is 0 Å². The Kier molecular flexibility index (Phi) is 9.13. The van der Waals surface area contributed by atoms with E-state index in [1.165, 1.54) is 6.92 Å². The number of carbonyl (C=O) groups is 3. The molecule has 2 atom stereocenters. The first-order chi connectivity index (χ1) is 6.34. The van der Waals surface area contributed by atoms with Crippen molar-refractivity contribution in [3.05, 3.63) is 0 Å². The molecule has 0 aromatic carbocycles. The number of hydrogen-bond donors (Lipinski definition) is 3. The molecule has 0 aromatic heterocycles. The van der Waals surface area contributed by atoms with E-state index in [1.807, 2.05) is 0 Å². The molecule has 0 saturated heterocycles. The Bertz CT molecular complexity index is 256. The topological polar surface area (TPSA) is 112 Å². The van der Waals surface area contributed by atoms with Crippen molar-refractivity contribution >= 4 is 59.2 Å². The zero-order valence-electron chi connectivity index (χ0n) is 7.34. The molecule has 0 aliphatic rings. The van der Waals surface area contributed by atoms with Gasteiger partial charge in [0.05, 0.1) is 6.42 Å². The van der Waals surface area contributed by atoms with E-state index in [-0.39, 0.29) is 29.6 Å². The summed E-state index contributed by atoms with van der Waals surface area (Å²) in [6.45, 7) is 1.31. The van der Waals surface area contributed by atoms with Crippen LogP contribution in [0.1, 0.15) is 13.3 Å². The maximum absolute atomic E-state index is 10.5. The summed E-state index contributed by atoms with van der Waals surface area (Å²) in [6, 6.07) is 0. The van der Waals surface area contributed by atoms with Crippen LogP contribution in [0.5, 0.6) is 0 Å². The van der Waals surface area contributed by atoms with Crippen molar-refractivity contribution in [3.8, 4) is 0 Å². The second-order valence-electron chi connectivity index (χ2n) is 2.54. The Hall–Kier alpha value is -0.240. The second-order valence-corrected chi connectivity index (χ2v) is 4.09. The molecule has 0 aliphatic carbocycles. The molecule has 0 rings (SSSR count). The molecule has 2 unspecified atom stereocenters. The number of aliphatic carboxylic acids is 3.